The molecule has 30 heavy (non-hydrogen) atoms. The zero-order chi connectivity index (χ0) is 21.3. The fraction of sp³-hybridized carbons (Fsp3) is 0.250. The van der Waals surface area contributed by atoms with E-state index in [0.717, 1.165) is 30.8 Å². The molecule has 1 amide bonds. The Hall–Kier alpha value is -2.89. The number of aryl methyl sites for hydroxylation is 1. The number of aromatic nitrogens is 1. The molecule has 156 valence electrons. The number of nitrogens with one attached hydrogen (secondary N) is 1. The molecule has 0 aliphatic carbocycles. The average Bonchev–Trinajstić information content (AvgIpc) is 2.74. The van der Waals surface area contributed by atoms with Crippen molar-refractivity contribution in [3.8, 4) is 11.6 Å². The largest absolute Gasteiger partial charge is 0.439 e. The predicted molar refractivity (Wildman–Crippen MR) is 120 cm³/mol. The van der Waals surface area contributed by atoms with Gasteiger partial charge in [0.2, 0.25) is 11.8 Å². The van der Waals surface area contributed by atoms with Gasteiger partial charge in [-0.1, -0.05) is 35.9 Å². The summed E-state index contributed by atoms with van der Waals surface area (Å²) in [5.74, 6) is 0.614. The lowest BCUT2D eigenvalue weighted by atomic mass is 10.1. The molecule has 0 bridgehead atoms. The number of primary amides is 1. The summed E-state index contributed by atoms with van der Waals surface area (Å²) in [4.78, 5) is 15.2. The molecule has 0 spiro atoms. The number of amides is 1. The summed E-state index contributed by atoms with van der Waals surface area (Å²) >= 11 is 6.03. The van der Waals surface area contributed by atoms with Crippen LogP contribution in [0.3, 0.4) is 0 Å². The van der Waals surface area contributed by atoms with Crippen molar-refractivity contribution in [1.29, 1.82) is 0 Å². The van der Waals surface area contributed by atoms with Crippen LogP contribution in [0.25, 0.3) is 0 Å². The first kappa shape index (κ1) is 21.8. The van der Waals surface area contributed by atoms with Gasteiger partial charge in [-0.15, -0.1) is 0 Å². The van der Waals surface area contributed by atoms with Gasteiger partial charge in [0.05, 0.1) is 5.56 Å². The number of rotatable bonds is 10. The maximum Gasteiger partial charge on any atom is 0.250 e. The van der Waals surface area contributed by atoms with Crippen LogP contribution < -0.4 is 15.8 Å². The molecule has 3 aromatic rings. The van der Waals surface area contributed by atoms with Gasteiger partial charge < -0.3 is 15.8 Å². The molecule has 1 aromatic heterocycles. The predicted octanol–water partition coefficient (Wildman–Crippen LogP) is 4.78. The molecule has 6 heteroatoms. The van der Waals surface area contributed by atoms with E-state index in [-0.39, 0.29) is 0 Å². The maximum absolute atomic E-state index is 11.1. The molecule has 5 nitrogen and oxygen atoms in total. The molecule has 3 N–H and O–H groups in total. The van der Waals surface area contributed by atoms with Crippen LogP contribution in [0.5, 0.6) is 11.6 Å². The molecule has 0 saturated carbocycles. The molecule has 1 heterocycles. The zero-order valence-corrected chi connectivity index (χ0v) is 17.7. The van der Waals surface area contributed by atoms with Gasteiger partial charge in [0, 0.05) is 23.3 Å². The fourth-order valence-corrected chi connectivity index (χ4v) is 3.28. The monoisotopic (exact) mass is 423 g/mol. The molecule has 0 fully saturated rings. The quantitative estimate of drug-likeness (QED) is 0.492. The van der Waals surface area contributed by atoms with Gasteiger partial charge in [-0.3, -0.25) is 4.79 Å². The second-order valence-corrected chi connectivity index (χ2v) is 7.71. The summed E-state index contributed by atoms with van der Waals surface area (Å²) in [6.45, 7) is 3.13. The number of ether oxygens (including phenoxy) is 1. The van der Waals surface area contributed by atoms with Crippen LogP contribution in [-0.4, -0.2) is 23.5 Å². The summed E-state index contributed by atoms with van der Waals surface area (Å²) in [6, 6.07) is 19.6. The molecule has 0 aliphatic heterocycles. The third kappa shape index (κ3) is 6.87. The Labute approximate surface area is 182 Å². The first-order chi connectivity index (χ1) is 14.5. The molecule has 2 aromatic carbocycles. The number of carbonyl (C=O) groups is 1. The minimum absolute atomic E-state index is 0.355. The summed E-state index contributed by atoms with van der Waals surface area (Å²) in [5.41, 5.74) is 8.07. The van der Waals surface area contributed by atoms with Crippen LogP contribution in [0.4, 0.5) is 0 Å². The lowest BCUT2D eigenvalue weighted by Gasteiger charge is -2.14. The SMILES string of the molecule is CC(CCc1ccc(Oc2ccc(C(N)=O)cn2)cc1)NCCc1cccc(Cl)c1. The summed E-state index contributed by atoms with van der Waals surface area (Å²) in [6.07, 6.45) is 4.40. The molecule has 3 rings (SSSR count). The lowest BCUT2D eigenvalue weighted by molar-refractivity contribution is 0.1000. The highest BCUT2D eigenvalue weighted by Gasteiger charge is 2.05. The molecule has 1 unspecified atom stereocenters. The number of hydrogen-bond acceptors (Lipinski definition) is 4. The number of hydrogen-bond donors (Lipinski definition) is 2. The van der Waals surface area contributed by atoms with Crippen molar-refractivity contribution in [3.63, 3.8) is 0 Å². The highest BCUT2D eigenvalue weighted by molar-refractivity contribution is 6.30. The van der Waals surface area contributed by atoms with Crippen molar-refractivity contribution in [1.82, 2.24) is 10.3 Å². The van der Waals surface area contributed by atoms with Crippen LogP contribution in [-0.2, 0) is 12.8 Å². The number of pyridine rings is 1. The van der Waals surface area contributed by atoms with Gasteiger partial charge >= 0.3 is 0 Å². The van der Waals surface area contributed by atoms with Gasteiger partial charge in [-0.05, 0) is 74.2 Å². The van der Waals surface area contributed by atoms with Crippen molar-refractivity contribution in [2.45, 2.75) is 32.2 Å². The van der Waals surface area contributed by atoms with E-state index in [2.05, 4.69) is 35.4 Å². The first-order valence-corrected chi connectivity index (χ1v) is 10.4. The molecule has 0 radical (unpaired) electrons. The number of carbonyl (C=O) groups excluding carboxylic acids is 1. The Balaban J connectivity index is 1.41. The van der Waals surface area contributed by atoms with E-state index in [1.54, 1.807) is 12.1 Å². The number of nitrogens with zero attached hydrogens (tertiary/aromatic N) is 1. The Morgan fingerprint density at radius 1 is 1.10 bits per heavy atom. The third-order valence-electron chi connectivity index (χ3n) is 4.83. The highest BCUT2D eigenvalue weighted by Crippen LogP contribution is 2.20. The lowest BCUT2D eigenvalue weighted by Crippen LogP contribution is -2.28. The van der Waals surface area contributed by atoms with Crippen molar-refractivity contribution in [2.75, 3.05) is 6.54 Å². The normalized spacial score (nSPS) is 11.8. The van der Waals surface area contributed by atoms with Crippen molar-refractivity contribution >= 4 is 17.5 Å². The van der Waals surface area contributed by atoms with Gasteiger partial charge in [0.25, 0.3) is 0 Å². The van der Waals surface area contributed by atoms with E-state index in [0.29, 0.717) is 23.2 Å². The maximum atomic E-state index is 11.1. The Morgan fingerprint density at radius 2 is 1.90 bits per heavy atom. The van der Waals surface area contributed by atoms with E-state index in [9.17, 15) is 4.79 Å². The van der Waals surface area contributed by atoms with E-state index >= 15 is 0 Å². The van der Waals surface area contributed by atoms with Crippen LogP contribution in [0.1, 0.15) is 34.8 Å². The minimum Gasteiger partial charge on any atom is -0.439 e. The van der Waals surface area contributed by atoms with Crippen molar-refractivity contribution in [3.05, 3.63) is 88.6 Å². The van der Waals surface area contributed by atoms with E-state index in [1.165, 1.54) is 17.3 Å². The summed E-state index contributed by atoms with van der Waals surface area (Å²) in [5, 5.41) is 4.35. The zero-order valence-electron chi connectivity index (χ0n) is 17.0. The Kier molecular flexibility index (Phi) is 7.82. The Bertz CT molecular complexity index is 959. The van der Waals surface area contributed by atoms with E-state index in [4.69, 9.17) is 22.1 Å². The van der Waals surface area contributed by atoms with Crippen LogP contribution in [0.15, 0.2) is 66.9 Å². The second kappa shape index (κ2) is 10.8. The Morgan fingerprint density at radius 3 is 2.57 bits per heavy atom. The third-order valence-corrected chi connectivity index (χ3v) is 5.06. The van der Waals surface area contributed by atoms with Gasteiger partial charge in [-0.25, -0.2) is 4.98 Å². The van der Waals surface area contributed by atoms with Crippen LogP contribution in [0, 0.1) is 0 Å². The second-order valence-electron chi connectivity index (χ2n) is 7.27. The fourth-order valence-electron chi connectivity index (χ4n) is 3.07. The van der Waals surface area contributed by atoms with Gasteiger partial charge in [0.15, 0.2) is 0 Å². The molecular weight excluding hydrogens is 398 g/mol. The molecule has 0 saturated heterocycles. The minimum atomic E-state index is -0.508. The smallest absolute Gasteiger partial charge is 0.250 e. The highest BCUT2D eigenvalue weighted by atomic mass is 35.5. The summed E-state index contributed by atoms with van der Waals surface area (Å²) in [7, 11) is 0. The van der Waals surface area contributed by atoms with Crippen molar-refractivity contribution in [2.24, 2.45) is 5.73 Å². The van der Waals surface area contributed by atoms with Crippen LogP contribution in [0.2, 0.25) is 5.02 Å². The van der Waals surface area contributed by atoms with Gasteiger partial charge in [-0.2, -0.15) is 0 Å². The van der Waals surface area contributed by atoms with Crippen molar-refractivity contribution < 1.29 is 9.53 Å². The van der Waals surface area contributed by atoms with Crippen LogP contribution >= 0.6 is 11.6 Å². The van der Waals surface area contributed by atoms with E-state index < -0.39 is 5.91 Å². The number of benzene rings is 2. The average molecular weight is 424 g/mol. The standard InChI is InChI=1S/C24H26ClN3O2/c1-17(27-14-13-19-3-2-4-21(25)15-19)5-6-18-7-10-22(11-8-18)30-23-12-9-20(16-28-23)24(26)29/h2-4,7-12,15-17,27H,5-6,13-14H2,1H3,(H2,26,29). The summed E-state index contributed by atoms with van der Waals surface area (Å²) < 4.78 is 5.71. The topological polar surface area (TPSA) is 77.2 Å². The van der Waals surface area contributed by atoms with Gasteiger partial charge in [0.1, 0.15) is 5.75 Å². The molecule has 0 aliphatic rings. The number of nitrogens with two attached hydrogens (primary N) is 1. The number of halogens is 1. The first-order valence-electron chi connectivity index (χ1n) is 10.00. The molecule has 1 atom stereocenters. The van der Waals surface area contributed by atoms with E-state index in [1.807, 2.05) is 30.3 Å². The molecular formula is C24H26ClN3O2.